The number of hydrogen-bond acceptors (Lipinski definition) is 4. The Kier molecular flexibility index (Phi) is 7.95. The maximum atomic E-state index is 12.0. The average molecular weight is 395 g/mol. The highest BCUT2D eigenvalue weighted by molar-refractivity contribution is 7.09. The van der Waals surface area contributed by atoms with Crippen LogP contribution < -0.4 is 10.6 Å². The van der Waals surface area contributed by atoms with Crippen LogP contribution in [0.3, 0.4) is 0 Å². The molecule has 27 heavy (non-hydrogen) atoms. The largest absolute Gasteiger partial charge is 0.444 e. The van der Waals surface area contributed by atoms with Crippen LogP contribution in [0.5, 0.6) is 0 Å². The van der Waals surface area contributed by atoms with E-state index >= 15 is 0 Å². The Morgan fingerprint density at radius 1 is 1.48 bits per heavy atom. The van der Waals surface area contributed by atoms with Crippen LogP contribution in [0.2, 0.25) is 0 Å². The first-order chi connectivity index (χ1) is 12.8. The normalized spacial score (nSPS) is 19.1. The van der Waals surface area contributed by atoms with E-state index < -0.39 is 5.60 Å². The van der Waals surface area contributed by atoms with Crippen LogP contribution in [0.15, 0.2) is 22.5 Å². The number of nitrogens with one attached hydrogen (secondary N) is 2. The van der Waals surface area contributed by atoms with Gasteiger partial charge in [0.15, 0.2) is 5.96 Å². The molecule has 0 aromatic carbocycles. The van der Waals surface area contributed by atoms with Crippen LogP contribution in [0.4, 0.5) is 4.79 Å². The lowest BCUT2D eigenvalue weighted by molar-refractivity contribution is 0.0507. The molecular formula is C20H34N4O2S. The summed E-state index contributed by atoms with van der Waals surface area (Å²) in [6.45, 7) is 13.2. The fourth-order valence-electron chi connectivity index (χ4n) is 3.05. The third-order valence-corrected chi connectivity index (χ3v) is 5.12. The number of rotatable bonds is 6. The number of carbonyl (C=O) groups excluding carboxylic acids is 1. The van der Waals surface area contributed by atoms with Gasteiger partial charge in [-0.2, -0.15) is 0 Å². The number of hydrogen-bond donors (Lipinski definition) is 2. The summed E-state index contributed by atoms with van der Waals surface area (Å²) in [4.78, 5) is 20.5. The van der Waals surface area contributed by atoms with Gasteiger partial charge in [-0.25, -0.2) is 4.79 Å². The van der Waals surface area contributed by atoms with Gasteiger partial charge >= 0.3 is 6.09 Å². The smallest absolute Gasteiger partial charge is 0.407 e. The third-order valence-electron chi connectivity index (χ3n) is 4.23. The van der Waals surface area contributed by atoms with Crippen molar-refractivity contribution in [2.45, 2.75) is 59.1 Å². The summed E-state index contributed by atoms with van der Waals surface area (Å²) in [5.41, 5.74) is -0.475. The molecule has 0 spiro atoms. The van der Waals surface area contributed by atoms with Gasteiger partial charge in [0.2, 0.25) is 0 Å². The maximum Gasteiger partial charge on any atom is 0.407 e. The monoisotopic (exact) mass is 394 g/mol. The van der Waals surface area contributed by atoms with Crippen LogP contribution in [0, 0.1) is 5.92 Å². The van der Waals surface area contributed by atoms with Crippen molar-refractivity contribution in [1.29, 1.82) is 0 Å². The number of ether oxygens (including phenoxy) is 1. The van der Waals surface area contributed by atoms with Crippen molar-refractivity contribution in [2.24, 2.45) is 10.9 Å². The zero-order chi connectivity index (χ0) is 19.9. The molecule has 2 unspecified atom stereocenters. The highest BCUT2D eigenvalue weighted by Gasteiger charge is 2.27. The molecule has 0 bridgehead atoms. The Hall–Kier alpha value is -1.76. The number of alkyl carbamates (subject to hydrolysis) is 1. The first-order valence-corrected chi connectivity index (χ1v) is 10.7. The third kappa shape index (κ3) is 7.79. The van der Waals surface area contributed by atoms with Gasteiger partial charge in [-0.05, 0) is 57.9 Å². The number of guanidine groups is 1. The Balaban J connectivity index is 1.86. The van der Waals surface area contributed by atoms with Crippen molar-refractivity contribution in [3.63, 3.8) is 0 Å². The highest BCUT2D eigenvalue weighted by atomic mass is 32.1. The number of likely N-dealkylation sites (tertiary alicyclic amines) is 1. The molecule has 1 aliphatic rings. The minimum absolute atomic E-state index is 0.0900. The minimum Gasteiger partial charge on any atom is -0.444 e. The van der Waals surface area contributed by atoms with Gasteiger partial charge in [-0.1, -0.05) is 13.0 Å². The molecule has 7 heteroatoms. The number of nitrogens with zero attached hydrogens (tertiary/aromatic N) is 2. The number of aliphatic imine (C=N–C) groups is 1. The van der Waals surface area contributed by atoms with Crippen molar-refractivity contribution in [3.05, 3.63) is 22.4 Å². The fourth-order valence-corrected chi connectivity index (χ4v) is 3.92. The molecule has 1 aromatic rings. The number of carbonyl (C=O) groups is 1. The molecule has 0 aliphatic carbocycles. The minimum atomic E-state index is -0.475. The first-order valence-electron chi connectivity index (χ1n) is 9.82. The molecule has 1 saturated heterocycles. The van der Waals surface area contributed by atoms with Gasteiger partial charge in [0.1, 0.15) is 5.60 Å². The predicted octanol–water partition coefficient (Wildman–Crippen LogP) is 3.49. The average Bonchev–Trinajstić information content (AvgIpc) is 3.21. The lowest BCUT2D eigenvalue weighted by Gasteiger charge is -2.23. The van der Waals surface area contributed by atoms with Crippen LogP contribution in [-0.4, -0.2) is 54.8 Å². The summed E-state index contributed by atoms with van der Waals surface area (Å²) < 4.78 is 5.36. The Labute approximate surface area is 167 Å². The Morgan fingerprint density at radius 3 is 2.89 bits per heavy atom. The second kappa shape index (κ2) is 9.97. The molecule has 2 rings (SSSR count). The quantitative estimate of drug-likeness (QED) is 0.573. The molecule has 0 radical (unpaired) electrons. The number of thiophene rings is 1. The molecule has 1 aliphatic heterocycles. The van der Waals surface area contributed by atoms with E-state index in [-0.39, 0.29) is 12.1 Å². The topological polar surface area (TPSA) is 66.0 Å². The van der Waals surface area contributed by atoms with E-state index in [1.807, 2.05) is 20.8 Å². The summed E-state index contributed by atoms with van der Waals surface area (Å²) in [7, 11) is 0. The van der Waals surface area contributed by atoms with Gasteiger partial charge in [0, 0.05) is 31.1 Å². The van der Waals surface area contributed by atoms with Crippen LogP contribution in [-0.2, 0) is 11.2 Å². The summed E-state index contributed by atoms with van der Waals surface area (Å²) in [6.07, 6.45) is 1.61. The molecule has 2 N–H and O–H groups in total. The van der Waals surface area contributed by atoms with Gasteiger partial charge in [-0.3, -0.25) is 4.99 Å². The van der Waals surface area contributed by atoms with Crippen LogP contribution in [0.25, 0.3) is 0 Å². The molecule has 6 nitrogen and oxygen atoms in total. The zero-order valence-corrected chi connectivity index (χ0v) is 18.1. The molecule has 1 amide bonds. The summed E-state index contributed by atoms with van der Waals surface area (Å²) in [6, 6.07) is 4.37. The second-order valence-corrected chi connectivity index (χ2v) is 9.19. The summed E-state index contributed by atoms with van der Waals surface area (Å²) in [5.74, 6) is 1.43. The summed E-state index contributed by atoms with van der Waals surface area (Å²) in [5, 5.41) is 8.48. The maximum absolute atomic E-state index is 12.0. The zero-order valence-electron chi connectivity index (χ0n) is 17.2. The van der Waals surface area contributed by atoms with Gasteiger partial charge < -0.3 is 20.3 Å². The summed E-state index contributed by atoms with van der Waals surface area (Å²) >= 11 is 1.80. The molecule has 2 atom stereocenters. The SMILES string of the molecule is CCNC(=NCC(C)Cc1cccs1)N1CCC(NC(=O)OC(C)(C)C)C1. The van der Waals surface area contributed by atoms with Crippen molar-refractivity contribution in [1.82, 2.24) is 15.5 Å². The van der Waals surface area contributed by atoms with Crippen LogP contribution in [0.1, 0.15) is 45.9 Å². The van der Waals surface area contributed by atoms with E-state index in [1.54, 1.807) is 11.3 Å². The molecule has 0 saturated carbocycles. The Morgan fingerprint density at radius 2 is 2.26 bits per heavy atom. The van der Waals surface area contributed by atoms with Crippen molar-refractivity contribution < 1.29 is 9.53 Å². The molecule has 2 heterocycles. The Bertz CT molecular complexity index is 610. The highest BCUT2D eigenvalue weighted by Crippen LogP contribution is 2.16. The first kappa shape index (κ1) is 21.5. The van der Waals surface area contributed by atoms with Crippen LogP contribution >= 0.6 is 11.3 Å². The molecule has 1 aromatic heterocycles. The van der Waals surface area contributed by atoms with Crippen molar-refractivity contribution in [3.8, 4) is 0 Å². The molecule has 152 valence electrons. The van der Waals surface area contributed by atoms with Gasteiger partial charge in [0.05, 0.1) is 6.04 Å². The number of amides is 1. The van der Waals surface area contributed by atoms with E-state index in [4.69, 9.17) is 9.73 Å². The second-order valence-electron chi connectivity index (χ2n) is 8.16. The standard InChI is InChI=1S/C20H34N4O2S/c1-6-21-18(22-13-15(2)12-17-8-7-11-27-17)24-10-9-16(14-24)23-19(25)26-20(3,4)5/h7-8,11,15-16H,6,9-10,12-14H2,1-5H3,(H,21,22)(H,23,25). The van der Waals surface area contributed by atoms with Gasteiger partial charge in [0.25, 0.3) is 0 Å². The molecular weight excluding hydrogens is 360 g/mol. The lowest BCUT2D eigenvalue weighted by atomic mass is 10.1. The van der Waals surface area contributed by atoms with E-state index in [2.05, 4.69) is 46.9 Å². The lowest BCUT2D eigenvalue weighted by Crippen LogP contribution is -2.44. The predicted molar refractivity (Wildman–Crippen MR) is 113 cm³/mol. The van der Waals surface area contributed by atoms with E-state index in [1.165, 1.54) is 4.88 Å². The van der Waals surface area contributed by atoms with E-state index in [0.717, 1.165) is 45.0 Å². The van der Waals surface area contributed by atoms with E-state index in [9.17, 15) is 4.79 Å². The van der Waals surface area contributed by atoms with E-state index in [0.29, 0.717) is 5.92 Å². The van der Waals surface area contributed by atoms with Crippen molar-refractivity contribution >= 4 is 23.4 Å². The molecule has 1 fully saturated rings. The fraction of sp³-hybridized carbons (Fsp3) is 0.700. The van der Waals surface area contributed by atoms with Crippen molar-refractivity contribution in [2.75, 3.05) is 26.2 Å². The van der Waals surface area contributed by atoms with Gasteiger partial charge in [-0.15, -0.1) is 11.3 Å².